The fraction of sp³-hybridized carbons (Fsp3) is 0.273. The van der Waals surface area contributed by atoms with Gasteiger partial charge in [-0.1, -0.05) is 17.7 Å². The molecule has 2 aromatic rings. The Bertz CT molecular complexity index is 487. The van der Waals surface area contributed by atoms with Gasteiger partial charge >= 0.3 is 0 Å². The summed E-state index contributed by atoms with van der Waals surface area (Å²) in [6.07, 6.45) is 0. The van der Waals surface area contributed by atoms with Gasteiger partial charge in [-0.2, -0.15) is 0 Å². The van der Waals surface area contributed by atoms with Crippen molar-refractivity contribution in [1.82, 2.24) is 0 Å². The van der Waals surface area contributed by atoms with Crippen molar-refractivity contribution >= 4 is 22.6 Å². The van der Waals surface area contributed by atoms with E-state index in [4.69, 9.17) is 21.8 Å². The van der Waals surface area contributed by atoms with Crippen LogP contribution < -0.4 is 5.73 Å². The van der Waals surface area contributed by atoms with Crippen LogP contribution in [0.25, 0.3) is 11.0 Å². The standard InChI is InChI=1S/C11H12ClNO/c1-6-3-4-8(12)11-10(6)7(2)9(5-13)14-11/h3-4H,5,13H2,1-2H3. The summed E-state index contributed by atoms with van der Waals surface area (Å²) in [7, 11) is 0. The minimum Gasteiger partial charge on any atom is -0.458 e. The van der Waals surface area contributed by atoms with Crippen molar-refractivity contribution in [1.29, 1.82) is 0 Å². The molecule has 14 heavy (non-hydrogen) atoms. The molecule has 0 bridgehead atoms. The first-order chi connectivity index (χ1) is 6.65. The highest BCUT2D eigenvalue weighted by Crippen LogP contribution is 2.32. The number of benzene rings is 1. The maximum atomic E-state index is 6.04. The van der Waals surface area contributed by atoms with Gasteiger partial charge in [0.2, 0.25) is 0 Å². The van der Waals surface area contributed by atoms with Crippen LogP contribution in [-0.4, -0.2) is 0 Å². The van der Waals surface area contributed by atoms with E-state index in [1.807, 2.05) is 26.0 Å². The number of rotatable bonds is 1. The minimum absolute atomic E-state index is 0.413. The molecule has 74 valence electrons. The van der Waals surface area contributed by atoms with E-state index < -0.39 is 0 Å². The maximum Gasteiger partial charge on any atom is 0.153 e. The molecule has 2 rings (SSSR count). The summed E-state index contributed by atoms with van der Waals surface area (Å²) in [6.45, 7) is 4.47. The van der Waals surface area contributed by atoms with Crippen molar-refractivity contribution in [3.63, 3.8) is 0 Å². The average molecular weight is 210 g/mol. The van der Waals surface area contributed by atoms with Gasteiger partial charge in [-0.3, -0.25) is 0 Å². The molecule has 0 aliphatic carbocycles. The molecular formula is C11H12ClNO. The maximum absolute atomic E-state index is 6.04. The normalized spacial score (nSPS) is 11.1. The highest BCUT2D eigenvalue weighted by molar-refractivity contribution is 6.35. The third-order valence-electron chi connectivity index (χ3n) is 2.52. The predicted octanol–water partition coefficient (Wildman–Crippen LogP) is 3.16. The average Bonchev–Trinajstić information content (AvgIpc) is 2.51. The summed E-state index contributed by atoms with van der Waals surface area (Å²) in [5, 5.41) is 1.74. The number of furan rings is 1. The Morgan fingerprint density at radius 2 is 2.07 bits per heavy atom. The topological polar surface area (TPSA) is 39.2 Å². The van der Waals surface area contributed by atoms with Gasteiger partial charge in [-0.25, -0.2) is 0 Å². The molecule has 0 fully saturated rings. The number of fused-ring (bicyclic) bond motifs is 1. The van der Waals surface area contributed by atoms with E-state index in [-0.39, 0.29) is 0 Å². The molecule has 1 aromatic carbocycles. The molecule has 2 N–H and O–H groups in total. The third-order valence-corrected chi connectivity index (χ3v) is 2.82. The SMILES string of the molecule is Cc1ccc(Cl)c2oc(CN)c(C)c12. The van der Waals surface area contributed by atoms with Crippen molar-refractivity contribution in [3.8, 4) is 0 Å². The van der Waals surface area contributed by atoms with Crippen molar-refractivity contribution in [3.05, 3.63) is 34.0 Å². The summed E-state index contributed by atoms with van der Waals surface area (Å²) in [5.41, 5.74) is 8.60. The first-order valence-corrected chi connectivity index (χ1v) is 4.90. The number of nitrogens with two attached hydrogens (primary N) is 1. The summed E-state index contributed by atoms with van der Waals surface area (Å²) >= 11 is 6.04. The molecule has 2 nitrogen and oxygen atoms in total. The highest BCUT2D eigenvalue weighted by atomic mass is 35.5. The zero-order chi connectivity index (χ0) is 10.3. The first kappa shape index (κ1) is 9.56. The van der Waals surface area contributed by atoms with Crippen molar-refractivity contribution in [2.45, 2.75) is 20.4 Å². The van der Waals surface area contributed by atoms with Crippen molar-refractivity contribution in [2.75, 3.05) is 0 Å². The largest absolute Gasteiger partial charge is 0.458 e. The molecule has 3 heteroatoms. The van der Waals surface area contributed by atoms with Gasteiger partial charge in [0.25, 0.3) is 0 Å². The Hall–Kier alpha value is -0.990. The number of halogens is 1. The lowest BCUT2D eigenvalue weighted by Gasteiger charge is -1.97. The van der Waals surface area contributed by atoms with Crippen LogP contribution in [0.3, 0.4) is 0 Å². The second-order valence-corrected chi connectivity index (χ2v) is 3.83. The van der Waals surface area contributed by atoms with E-state index in [0.29, 0.717) is 11.6 Å². The molecule has 0 aliphatic rings. The van der Waals surface area contributed by atoms with Gasteiger partial charge in [0.15, 0.2) is 5.58 Å². The molecule has 0 saturated carbocycles. The van der Waals surface area contributed by atoms with Gasteiger partial charge in [-0.05, 0) is 31.0 Å². The summed E-state index contributed by atoms with van der Waals surface area (Å²) in [5.74, 6) is 0.816. The van der Waals surface area contributed by atoms with E-state index in [0.717, 1.165) is 22.3 Å². The van der Waals surface area contributed by atoms with Gasteiger partial charge < -0.3 is 10.2 Å². The molecule has 0 spiro atoms. The molecular weight excluding hydrogens is 198 g/mol. The molecule has 0 aliphatic heterocycles. The second-order valence-electron chi connectivity index (χ2n) is 3.42. The minimum atomic E-state index is 0.413. The van der Waals surface area contributed by atoms with Gasteiger partial charge in [0, 0.05) is 5.39 Å². The zero-order valence-corrected chi connectivity index (χ0v) is 8.98. The second kappa shape index (κ2) is 3.30. The van der Waals surface area contributed by atoms with Crippen LogP contribution in [0.2, 0.25) is 5.02 Å². The predicted molar refractivity (Wildman–Crippen MR) is 58.6 cm³/mol. The molecule has 1 heterocycles. The summed E-state index contributed by atoms with van der Waals surface area (Å²) in [6, 6.07) is 3.84. The van der Waals surface area contributed by atoms with Crippen molar-refractivity contribution < 1.29 is 4.42 Å². The number of hydrogen-bond donors (Lipinski definition) is 1. The van der Waals surface area contributed by atoms with E-state index >= 15 is 0 Å². The van der Waals surface area contributed by atoms with Crippen LogP contribution >= 0.6 is 11.6 Å². The van der Waals surface area contributed by atoms with Crippen LogP contribution in [-0.2, 0) is 6.54 Å². The fourth-order valence-electron chi connectivity index (χ4n) is 1.76. The first-order valence-electron chi connectivity index (χ1n) is 4.52. The van der Waals surface area contributed by atoms with Gasteiger partial charge in [-0.15, -0.1) is 0 Å². The summed E-state index contributed by atoms with van der Waals surface area (Å²) < 4.78 is 5.60. The number of aryl methyl sites for hydroxylation is 2. The Labute approximate surface area is 87.6 Å². The Morgan fingerprint density at radius 3 is 2.64 bits per heavy atom. The van der Waals surface area contributed by atoms with Crippen LogP contribution in [0.5, 0.6) is 0 Å². The van der Waals surface area contributed by atoms with Crippen LogP contribution in [0, 0.1) is 13.8 Å². The molecule has 0 amide bonds. The Kier molecular flexibility index (Phi) is 2.25. The van der Waals surface area contributed by atoms with Crippen LogP contribution in [0.1, 0.15) is 16.9 Å². The van der Waals surface area contributed by atoms with Gasteiger partial charge in [0.05, 0.1) is 11.6 Å². The molecule has 0 atom stereocenters. The Balaban J connectivity index is 2.90. The fourth-order valence-corrected chi connectivity index (χ4v) is 1.95. The quantitative estimate of drug-likeness (QED) is 0.784. The van der Waals surface area contributed by atoms with Crippen molar-refractivity contribution in [2.24, 2.45) is 5.73 Å². The summed E-state index contributed by atoms with van der Waals surface area (Å²) in [4.78, 5) is 0. The van der Waals surface area contributed by atoms with Gasteiger partial charge in [0.1, 0.15) is 5.76 Å². The lowest BCUT2D eigenvalue weighted by Crippen LogP contribution is -1.95. The van der Waals surface area contributed by atoms with E-state index in [1.165, 1.54) is 5.56 Å². The lowest BCUT2D eigenvalue weighted by atomic mass is 10.1. The smallest absolute Gasteiger partial charge is 0.153 e. The van der Waals surface area contributed by atoms with Crippen LogP contribution in [0.15, 0.2) is 16.5 Å². The Morgan fingerprint density at radius 1 is 1.36 bits per heavy atom. The van der Waals surface area contributed by atoms with Crippen LogP contribution in [0.4, 0.5) is 0 Å². The lowest BCUT2D eigenvalue weighted by molar-refractivity contribution is 0.548. The van der Waals surface area contributed by atoms with E-state index in [9.17, 15) is 0 Å². The van der Waals surface area contributed by atoms with E-state index in [2.05, 4.69) is 0 Å². The monoisotopic (exact) mass is 209 g/mol. The number of hydrogen-bond acceptors (Lipinski definition) is 2. The molecule has 0 unspecified atom stereocenters. The zero-order valence-electron chi connectivity index (χ0n) is 8.23. The highest BCUT2D eigenvalue weighted by Gasteiger charge is 2.13. The molecule has 0 saturated heterocycles. The van der Waals surface area contributed by atoms with E-state index in [1.54, 1.807) is 0 Å². The molecule has 1 aromatic heterocycles. The third kappa shape index (κ3) is 1.22. The molecule has 0 radical (unpaired) electrons.